The maximum Gasteiger partial charge on any atom is 0.192 e. The average Bonchev–Trinajstić information content (AvgIpc) is 2.73. The van der Waals surface area contributed by atoms with E-state index in [1.807, 2.05) is 12.1 Å². The van der Waals surface area contributed by atoms with Crippen LogP contribution in [0, 0.1) is 12.3 Å². The van der Waals surface area contributed by atoms with E-state index in [0.717, 1.165) is 12.0 Å². The summed E-state index contributed by atoms with van der Waals surface area (Å²) in [5, 5.41) is 6.70. The van der Waals surface area contributed by atoms with Crippen LogP contribution in [0.25, 0.3) is 0 Å². The number of hydrogen-bond donors (Lipinski definition) is 2. The molecule has 0 fully saturated rings. The third-order valence-electron chi connectivity index (χ3n) is 2.90. The lowest BCUT2D eigenvalue weighted by atomic mass is 10.2. The summed E-state index contributed by atoms with van der Waals surface area (Å²) in [6.45, 7) is 2.22. The van der Waals surface area contributed by atoms with Crippen molar-refractivity contribution >= 4 is 17.6 Å². The van der Waals surface area contributed by atoms with Crippen molar-refractivity contribution < 1.29 is 9.47 Å². The summed E-state index contributed by atoms with van der Waals surface area (Å²) in [7, 11) is 1.69. The third-order valence-corrected chi connectivity index (χ3v) is 3.18. The summed E-state index contributed by atoms with van der Waals surface area (Å²) < 4.78 is 11.3. The number of guanidine groups is 1. The van der Waals surface area contributed by atoms with Gasteiger partial charge in [0, 0.05) is 20.0 Å². The molecule has 1 aromatic rings. The van der Waals surface area contributed by atoms with Crippen molar-refractivity contribution in [2.24, 2.45) is 4.99 Å². The minimum Gasteiger partial charge on any atom is -0.489 e. The van der Waals surface area contributed by atoms with Crippen molar-refractivity contribution in [3.05, 3.63) is 22.7 Å². The second kappa shape index (κ2) is 7.65. The Kier molecular flexibility index (Phi) is 5.59. The first kappa shape index (κ1) is 15.3. The Morgan fingerprint density at radius 2 is 2.19 bits per heavy atom. The van der Waals surface area contributed by atoms with Crippen molar-refractivity contribution in [3.63, 3.8) is 0 Å². The zero-order valence-electron chi connectivity index (χ0n) is 11.9. The lowest BCUT2D eigenvalue weighted by Gasteiger charge is -2.13. The molecule has 0 atom stereocenters. The molecule has 21 heavy (non-hydrogen) atoms. The van der Waals surface area contributed by atoms with Crippen molar-refractivity contribution in [1.82, 2.24) is 10.6 Å². The maximum absolute atomic E-state index is 6.25. The van der Waals surface area contributed by atoms with E-state index >= 15 is 0 Å². The molecule has 6 heteroatoms. The summed E-state index contributed by atoms with van der Waals surface area (Å²) in [6.07, 6.45) is 6.06. The predicted molar refractivity (Wildman–Crippen MR) is 84.1 cm³/mol. The van der Waals surface area contributed by atoms with E-state index in [1.165, 1.54) is 0 Å². The topological polar surface area (TPSA) is 54.9 Å². The molecule has 112 valence electrons. The lowest BCUT2D eigenvalue weighted by Crippen LogP contribution is -2.36. The van der Waals surface area contributed by atoms with Crippen molar-refractivity contribution in [3.8, 4) is 23.8 Å². The van der Waals surface area contributed by atoms with E-state index in [9.17, 15) is 0 Å². The fourth-order valence-electron chi connectivity index (χ4n) is 1.93. The zero-order chi connectivity index (χ0) is 15.1. The normalized spacial score (nSPS) is 14.0. The minimum absolute atomic E-state index is 0.418. The molecule has 0 bridgehead atoms. The number of benzene rings is 1. The molecule has 0 amide bonds. The number of rotatable bonds is 3. The zero-order valence-corrected chi connectivity index (χ0v) is 12.7. The van der Waals surface area contributed by atoms with Gasteiger partial charge in [0.25, 0.3) is 0 Å². The molecular formula is C15H18ClN3O2. The lowest BCUT2D eigenvalue weighted by molar-refractivity contribution is 0.297. The van der Waals surface area contributed by atoms with Crippen LogP contribution in [-0.2, 0) is 6.54 Å². The number of fused-ring (bicyclic) bond motifs is 1. The van der Waals surface area contributed by atoms with Gasteiger partial charge in [-0.25, -0.2) is 0 Å². The summed E-state index contributed by atoms with van der Waals surface area (Å²) >= 11 is 6.25. The van der Waals surface area contributed by atoms with Crippen LogP contribution in [0.15, 0.2) is 17.1 Å². The van der Waals surface area contributed by atoms with Crippen molar-refractivity contribution in [2.45, 2.75) is 13.0 Å². The monoisotopic (exact) mass is 307 g/mol. The van der Waals surface area contributed by atoms with Crippen LogP contribution in [0.3, 0.4) is 0 Å². The van der Waals surface area contributed by atoms with Gasteiger partial charge in [0.05, 0.1) is 24.8 Å². The first-order chi connectivity index (χ1) is 10.2. The summed E-state index contributed by atoms with van der Waals surface area (Å²) in [5.74, 6) is 4.44. The summed E-state index contributed by atoms with van der Waals surface area (Å²) in [4.78, 5) is 4.08. The van der Waals surface area contributed by atoms with Gasteiger partial charge in [-0.15, -0.1) is 6.42 Å². The molecule has 1 aliphatic rings. The largest absolute Gasteiger partial charge is 0.489 e. The molecule has 1 aromatic carbocycles. The SMILES string of the molecule is C#CCNC(=NC)NCc1cc(Cl)c2c(c1)OCCCO2. The smallest absolute Gasteiger partial charge is 0.192 e. The van der Waals surface area contributed by atoms with Crippen LogP contribution in [0.2, 0.25) is 5.02 Å². The second-order valence-electron chi connectivity index (χ2n) is 4.44. The van der Waals surface area contributed by atoms with Gasteiger partial charge >= 0.3 is 0 Å². The molecule has 0 aromatic heterocycles. The molecule has 0 radical (unpaired) electrons. The maximum atomic E-state index is 6.25. The third kappa shape index (κ3) is 4.20. The van der Waals surface area contributed by atoms with E-state index in [0.29, 0.717) is 48.8 Å². The first-order valence-electron chi connectivity index (χ1n) is 6.70. The number of nitrogens with zero attached hydrogens (tertiary/aromatic N) is 1. The number of hydrogen-bond acceptors (Lipinski definition) is 3. The molecule has 1 heterocycles. The molecule has 5 nitrogen and oxygen atoms in total. The minimum atomic E-state index is 0.418. The molecule has 0 spiro atoms. The highest BCUT2D eigenvalue weighted by molar-refractivity contribution is 6.32. The standard InChI is InChI=1S/C15H18ClN3O2/c1-3-5-18-15(17-2)19-10-11-8-12(16)14-13(9-11)20-6-4-7-21-14/h1,8-9H,4-7,10H2,2H3,(H2,17,18,19). The van der Waals surface area contributed by atoms with Crippen LogP contribution in [0.5, 0.6) is 11.5 Å². The highest BCUT2D eigenvalue weighted by Gasteiger charge is 2.15. The number of nitrogens with one attached hydrogen (secondary N) is 2. The molecule has 0 unspecified atom stereocenters. The second-order valence-corrected chi connectivity index (χ2v) is 4.85. The Balaban J connectivity index is 2.06. The summed E-state index contributed by atoms with van der Waals surface area (Å²) in [5.41, 5.74) is 0.980. The highest BCUT2D eigenvalue weighted by Crippen LogP contribution is 2.37. The first-order valence-corrected chi connectivity index (χ1v) is 7.08. The fourth-order valence-corrected chi connectivity index (χ4v) is 2.22. The van der Waals surface area contributed by atoms with Gasteiger partial charge in [-0.3, -0.25) is 4.99 Å². The van der Waals surface area contributed by atoms with Gasteiger partial charge in [-0.1, -0.05) is 17.5 Å². The Bertz CT molecular complexity index is 567. The fraction of sp³-hybridized carbons (Fsp3) is 0.400. The Morgan fingerprint density at radius 3 is 2.95 bits per heavy atom. The van der Waals surface area contributed by atoms with Crippen LogP contribution < -0.4 is 20.1 Å². The Labute approximate surface area is 129 Å². The molecule has 0 saturated heterocycles. The van der Waals surface area contributed by atoms with E-state index in [-0.39, 0.29) is 0 Å². The highest BCUT2D eigenvalue weighted by atomic mass is 35.5. The van der Waals surface area contributed by atoms with Gasteiger partial charge in [-0.2, -0.15) is 0 Å². The molecule has 1 aliphatic heterocycles. The average molecular weight is 308 g/mol. The van der Waals surface area contributed by atoms with E-state index in [1.54, 1.807) is 7.05 Å². The quantitative estimate of drug-likeness (QED) is 0.508. The van der Waals surface area contributed by atoms with Crippen LogP contribution in [0.4, 0.5) is 0 Å². The van der Waals surface area contributed by atoms with Crippen molar-refractivity contribution in [2.75, 3.05) is 26.8 Å². The molecule has 2 rings (SSSR count). The van der Waals surface area contributed by atoms with Crippen LogP contribution in [-0.4, -0.2) is 32.8 Å². The van der Waals surface area contributed by atoms with E-state index in [2.05, 4.69) is 21.5 Å². The van der Waals surface area contributed by atoms with E-state index < -0.39 is 0 Å². The van der Waals surface area contributed by atoms with Gasteiger partial charge in [0.2, 0.25) is 0 Å². The predicted octanol–water partition coefficient (Wildman–Crippen LogP) is 1.80. The molecule has 2 N–H and O–H groups in total. The molecule has 0 saturated carbocycles. The summed E-state index contributed by atoms with van der Waals surface area (Å²) in [6, 6.07) is 3.78. The number of terminal acetylenes is 1. The number of aliphatic imine (C=N–C) groups is 1. The van der Waals surface area contributed by atoms with Crippen LogP contribution in [0.1, 0.15) is 12.0 Å². The van der Waals surface area contributed by atoms with Crippen molar-refractivity contribution in [1.29, 1.82) is 0 Å². The van der Waals surface area contributed by atoms with Crippen LogP contribution >= 0.6 is 11.6 Å². The molecular weight excluding hydrogens is 290 g/mol. The van der Waals surface area contributed by atoms with Gasteiger partial charge in [-0.05, 0) is 17.7 Å². The van der Waals surface area contributed by atoms with Gasteiger partial charge in [0.15, 0.2) is 17.5 Å². The number of ether oxygens (including phenoxy) is 2. The van der Waals surface area contributed by atoms with E-state index in [4.69, 9.17) is 27.5 Å². The van der Waals surface area contributed by atoms with Gasteiger partial charge in [0.1, 0.15) is 0 Å². The Morgan fingerprint density at radius 1 is 1.38 bits per heavy atom. The Hall–Kier alpha value is -2.06. The molecule has 0 aliphatic carbocycles. The van der Waals surface area contributed by atoms with Gasteiger partial charge < -0.3 is 20.1 Å². The number of halogens is 1.